The fourth-order valence-electron chi connectivity index (χ4n) is 14.9. The molecule has 12 aromatic rings. The molecule has 37 heteroatoms. The summed E-state index contributed by atoms with van der Waals surface area (Å²) in [5.74, 6) is 8.51. The molecule has 4 aliphatic rings. The van der Waals surface area contributed by atoms with E-state index in [1.807, 2.05) is 117 Å². The summed E-state index contributed by atoms with van der Waals surface area (Å²) in [6, 6.07) is 32.0. The highest BCUT2D eigenvalue weighted by Gasteiger charge is 2.28. The molecule has 0 aliphatic carbocycles. The molecule has 0 spiro atoms. The van der Waals surface area contributed by atoms with Crippen LogP contribution in [-0.4, -0.2) is 290 Å². The molecule has 4 amide bonds. The van der Waals surface area contributed by atoms with Gasteiger partial charge in [0.25, 0.3) is 11.1 Å². The van der Waals surface area contributed by atoms with Crippen LogP contribution in [0.4, 0.5) is 38.4 Å². The van der Waals surface area contributed by atoms with E-state index in [9.17, 15) is 29.1 Å². The minimum absolute atomic E-state index is 0. The van der Waals surface area contributed by atoms with Crippen LogP contribution in [0.5, 0.6) is 69.0 Å². The van der Waals surface area contributed by atoms with Gasteiger partial charge in [-0.3, -0.25) is 14.4 Å². The van der Waals surface area contributed by atoms with Crippen LogP contribution in [0.15, 0.2) is 150 Å². The molecule has 7 aromatic carbocycles. The van der Waals surface area contributed by atoms with Crippen molar-refractivity contribution in [3.8, 4) is 69.0 Å². The van der Waals surface area contributed by atoms with Gasteiger partial charge in [-0.05, 0) is 133 Å². The number of likely N-dealkylation sites (N-methyl/N-ethyl adjacent to an activating group) is 2. The number of phenolic OH excluding ortho intramolecular Hbond substituents is 1. The number of phenols is 1. The van der Waals surface area contributed by atoms with E-state index in [-0.39, 0.29) is 76.6 Å². The summed E-state index contributed by atoms with van der Waals surface area (Å²) in [6.07, 6.45) is 8.51. The largest absolute Gasteiger partial charge is 0.504 e. The van der Waals surface area contributed by atoms with Crippen molar-refractivity contribution in [2.75, 3.05) is 206 Å². The van der Waals surface area contributed by atoms with Gasteiger partial charge in [0.05, 0.1) is 119 Å². The van der Waals surface area contributed by atoms with Crippen molar-refractivity contribution in [3.05, 3.63) is 162 Å². The van der Waals surface area contributed by atoms with Crippen LogP contribution in [0.25, 0.3) is 54.5 Å². The Morgan fingerprint density at radius 2 is 0.759 bits per heavy atom. The number of piperazine rings is 4. The molecule has 716 valence electrons. The van der Waals surface area contributed by atoms with Gasteiger partial charge in [0.2, 0.25) is 0 Å². The number of ether oxygens (including phenoxy) is 11. The number of amides is 4. The molecule has 5 N–H and O–H groups in total. The fourth-order valence-corrected chi connectivity index (χ4v) is 14.9. The Labute approximate surface area is 776 Å². The number of carbonyl (C=O) groups is 3. The molecule has 16 rings (SSSR count). The van der Waals surface area contributed by atoms with Crippen molar-refractivity contribution >= 4 is 101 Å². The normalized spacial score (nSPS) is 13.8. The predicted octanol–water partition coefficient (Wildman–Crippen LogP) is 13.8. The van der Waals surface area contributed by atoms with Gasteiger partial charge in [0.15, 0.2) is 57.5 Å². The maximum Gasteiger partial charge on any atom is 0.321 e. The third kappa shape index (κ3) is 27.5. The Kier molecular flexibility index (Phi) is 39.5. The van der Waals surface area contributed by atoms with Crippen LogP contribution in [0.1, 0.15) is 84.6 Å². The maximum atomic E-state index is 12.9. The Balaban J connectivity index is 0.000000215. The molecule has 4 saturated heterocycles. The predicted molar refractivity (Wildman–Crippen MR) is 522 cm³/mol. The van der Waals surface area contributed by atoms with Crippen molar-refractivity contribution in [3.63, 3.8) is 0 Å². The molecule has 0 unspecified atom stereocenters. The number of aromatic hydroxyl groups is 1. The van der Waals surface area contributed by atoms with Gasteiger partial charge in [0, 0.05) is 176 Å². The second-order valence-electron chi connectivity index (χ2n) is 30.9. The van der Waals surface area contributed by atoms with Crippen LogP contribution in [0.3, 0.4) is 0 Å². The Morgan fingerprint density at radius 3 is 1.16 bits per heavy atom. The number of aromatic nitrogens is 10. The molecule has 4 fully saturated rings. The van der Waals surface area contributed by atoms with Crippen molar-refractivity contribution in [1.82, 2.24) is 74.3 Å². The second kappa shape index (κ2) is 50.4. The fraction of sp³-hybridized carbons (Fsp3) is 0.427. The number of nitrogens with zero attached hydrogens (tertiary/aromatic N) is 16. The lowest BCUT2D eigenvalue weighted by Crippen LogP contribution is -2.50. The second-order valence-corrected chi connectivity index (χ2v) is 30.9. The minimum atomic E-state index is -0.465. The summed E-state index contributed by atoms with van der Waals surface area (Å²) in [6.45, 7) is 30.1. The molecule has 0 bridgehead atoms. The molecule has 133 heavy (non-hydrogen) atoms. The summed E-state index contributed by atoms with van der Waals surface area (Å²) in [5.41, 5.74) is 4.35. The monoisotopic (exact) mass is 1830 g/mol. The highest BCUT2D eigenvalue weighted by molar-refractivity contribution is 5.96. The highest BCUT2D eigenvalue weighted by atomic mass is 16.6. The molecule has 0 atom stereocenters. The van der Waals surface area contributed by atoms with Crippen molar-refractivity contribution in [2.24, 2.45) is 0 Å². The smallest absolute Gasteiger partial charge is 0.321 e. The Bertz CT molecular complexity index is 5890. The van der Waals surface area contributed by atoms with Crippen molar-refractivity contribution < 1.29 is 71.6 Å². The lowest BCUT2D eigenvalue weighted by Gasteiger charge is -2.35. The standard InChI is InChI=1S/C32H45N7O4.C25H31N5O4.C14H18N4O2.C11H10N2O4.C10H10N2O3.4CH4/c1-5-36-12-14-37(15-13-36)11-6-20-42-30-22-28-27(21-29(30)41-4)31(34-23-33-28)38-16-18-39(19-17-38)32(40)35-25-7-9-26(10-8-25)43-24(2)3;1-5-33-23-15-21-20(14-22(23)32-4)24(27-16-26-21)29-10-12-30(13-11-29)25(31)28-18-6-8-19(9-7-18)34-17(2)3;1-17-3-5-18(6-4-17)14-10-7-13(20-2)12(19)8-11(10)15-9-16-14;1-6(14)17-10-4-8-7(3-9(10)16-2)11(15)13-5-12-8;1-14-8-3-6-7(4-9(8)15-2)11-5-12-10(6)13;;;;/h7-10,21-24H,5-6,11-20H2,1-4H3,(H,35,40);6-9,14-17H,5,10-13H2,1-4H3,(H,28,31);7-9,19H,3-6H2,1-2H3;3-5H,1-2H3,(H,12,13,15);3-5H,1-2H3,(H,11,12,13);4*1H4. The third-order valence-corrected chi connectivity index (χ3v) is 21.6. The minimum Gasteiger partial charge on any atom is -0.504 e. The summed E-state index contributed by atoms with van der Waals surface area (Å²) in [7, 11) is 11.4. The van der Waals surface area contributed by atoms with Gasteiger partial charge < -0.3 is 117 Å². The number of H-pyrrole nitrogens is 2. The Morgan fingerprint density at radius 1 is 0.414 bits per heavy atom. The number of rotatable bonds is 24. The van der Waals surface area contributed by atoms with Gasteiger partial charge in [-0.1, -0.05) is 36.6 Å². The molecule has 0 saturated carbocycles. The van der Waals surface area contributed by atoms with Crippen LogP contribution in [0, 0.1) is 0 Å². The van der Waals surface area contributed by atoms with Gasteiger partial charge in [0.1, 0.15) is 47.9 Å². The van der Waals surface area contributed by atoms with E-state index in [1.54, 1.807) is 64.6 Å². The molecular weight excluding hydrogens is 1710 g/mol. The molecular formula is C96H130N20O17. The summed E-state index contributed by atoms with van der Waals surface area (Å²) in [5, 5.41) is 19.4. The quantitative estimate of drug-likeness (QED) is 0.0213. The van der Waals surface area contributed by atoms with Crippen molar-refractivity contribution in [2.45, 2.75) is 96.8 Å². The molecule has 9 heterocycles. The number of anilines is 5. The van der Waals surface area contributed by atoms with Crippen LogP contribution in [-0.2, 0) is 4.79 Å². The number of esters is 1. The van der Waals surface area contributed by atoms with E-state index in [0.717, 1.165) is 145 Å². The first-order valence-electron chi connectivity index (χ1n) is 42.8. The molecule has 37 nitrogen and oxygen atoms in total. The van der Waals surface area contributed by atoms with E-state index in [4.69, 9.17) is 52.1 Å². The lowest BCUT2D eigenvalue weighted by molar-refractivity contribution is -0.132. The number of hydrogen-bond donors (Lipinski definition) is 5. The number of hydrogen-bond acceptors (Lipinski definition) is 31. The molecule has 5 aromatic heterocycles. The van der Waals surface area contributed by atoms with Crippen LogP contribution < -0.4 is 88.6 Å². The van der Waals surface area contributed by atoms with E-state index < -0.39 is 5.97 Å². The summed E-state index contributed by atoms with van der Waals surface area (Å²) < 4.78 is 59.8. The number of carbonyl (C=O) groups excluding carboxylic acids is 3. The number of methoxy groups -OCH3 is 6. The first-order valence-corrected chi connectivity index (χ1v) is 42.8. The summed E-state index contributed by atoms with van der Waals surface area (Å²) >= 11 is 0. The molecule has 4 aliphatic heterocycles. The van der Waals surface area contributed by atoms with E-state index in [2.05, 4.69) is 104 Å². The number of benzene rings is 7. The van der Waals surface area contributed by atoms with Gasteiger partial charge >= 0.3 is 18.0 Å². The van der Waals surface area contributed by atoms with Crippen molar-refractivity contribution in [1.29, 1.82) is 0 Å². The van der Waals surface area contributed by atoms with E-state index >= 15 is 0 Å². The lowest BCUT2D eigenvalue weighted by atomic mass is 10.2. The zero-order valence-corrected chi connectivity index (χ0v) is 75.4. The topological polar surface area (TPSA) is 392 Å². The summed E-state index contributed by atoms with van der Waals surface area (Å²) in [4.78, 5) is 117. The van der Waals surface area contributed by atoms with Crippen LogP contribution in [0.2, 0.25) is 0 Å². The maximum absolute atomic E-state index is 12.9. The van der Waals surface area contributed by atoms with E-state index in [1.165, 1.54) is 53.0 Å². The number of nitrogens with one attached hydrogen (secondary N) is 4. The van der Waals surface area contributed by atoms with Crippen LogP contribution >= 0.6 is 0 Å². The highest BCUT2D eigenvalue weighted by Crippen LogP contribution is 2.40. The zero-order chi connectivity index (χ0) is 91.6. The Hall–Kier alpha value is -14.1. The number of fused-ring (bicyclic) bond motifs is 5. The van der Waals surface area contributed by atoms with Gasteiger partial charge in [-0.2, -0.15) is 0 Å². The average Bonchev–Trinajstić information content (AvgIpc) is 0.701. The van der Waals surface area contributed by atoms with Gasteiger partial charge in [-0.25, -0.2) is 49.5 Å². The first-order chi connectivity index (χ1) is 62.5. The van der Waals surface area contributed by atoms with Gasteiger partial charge in [-0.15, -0.1) is 0 Å². The SMILES string of the molecule is C.C.C.C.CCN1CCN(CCCOc2cc3ncnc(N4CCN(C(=O)Nc5ccc(OC(C)C)cc5)CC4)c3cc2OC)CC1.CCOc1cc2ncnc(N3CCN(C(=O)Nc4ccc(OC(C)C)cc4)CC3)c2cc1OC.COc1cc2c(=O)[nH]cnc2cc1OC(C)=O.COc1cc2c(N3CCN(C)CC3)ncnc2cc1O.COc1cc2nc[nH]c(=O)c2cc1OC. The zero-order valence-electron chi connectivity index (χ0n) is 75.4. The number of urea groups is 2. The average molecular weight is 1840 g/mol. The van der Waals surface area contributed by atoms with E-state index in [0.29, 0.717) is 133 Å². The molecule has 0 radical (unpaired) electrons. The number of aromatic amines is 2. The third-order valence-electron chi connectivity index (χ3n) is 21.6. The first kappa shape index (κ1) is 104.